The molecular weight excluding hydrogens is 199 g/mol. The second-order valence-corrected chi connectivity index (χ2v) is 3.65. The van der Waals surface area contributed by atoms with Crippen molar-refractivity contribution in [3.8, 4) is 0 Å². The molecule has 0 aliphatic heterocycles. The number of para-hydroxylation sites is 1. The van der Waals surface area contributed by atoms with Gasteiger partial charge in [0.2, 0.25) is 0 Å². The van der Waals surface area contributed by atoms with Gasteiger partial charge >= 0.3 is 8.03 Å². The third-order valence-corrected chi connectivity index (χ3v) is 2.45. The van der Waals surface area contributed by atoms with E-state index >= 15 is 0 Å². The first-order chi connectivity index (χ1) is 6.74. The molecule has 0 amide bonds. The maximum atomic E-state index is 10.6. The molecule has 0 heterocycles. The van der Waals surface area contributed by atoms with Crippen molar-refractivity contribution >= 4 is 19.2 Å². The van der Waals surface area contributed by atoms with Gasteiger partial charge in [0.1, 0.15) is 0 Å². The van der Waals surface area contributed by atoms with E-state index in [1.54, 1.807) is 6.92 Å². The molecule has 14 heavy (non-hydrogen) atoms. The molecule has 1 unspecified atom stereocenters. The van der Waals surface area contributed by atoms with E-state index < -0.39 is 8.03 Å². The Labute approximate surface area is 83.5 Å². The average Bonchev–Trinajstić information content (AvgIpc) is 2.20. The topological polar surface area (TPSA) is 64.5 Å². The molecule has 0 aliphatic carbocycles. The van der Waals surface area contributed by atoms with Crippen LogP contribution in [0.25, 0.3) is 0 Å². The number of hydrogen-bond acceptors (Lipinski definition) is 4. The lowest BCUT2D eigenvalue weighted by Gasteiger charge is -1.98. The van der Waals surface area contributed by atoms with Crippen LogP contribution in [0.4, 0.5) is 5.69 Å². The van der Waals surface area contributed by atoms with Crippen molar-refractivity contribution in [3.63, 3.8) is 0 Å². The summed E-state index contributed by atoms with van der Waals surface area (Å²) in [6.07, 6.45) is 0.401. The maximum absolute atomic E-state index is 10.6. The lowest BCUT2D eigenvalue weighted by atomic mass is 10.3. The Bertz CT molecular complexity index is 338. The van der Waals surface area contributed by atoms with Gasteiger partial charge in [-0.25, -0.2) is 0 Å². The minimum Gasteiger partial charge on any atom is -0.590 e. The highest BCUT2D eigenvalue weighted by Gasteiger charge is 2.10. The van der Waals surface area contributed by atoms with Crippen LogP contribution < -0.4 is 10.3 Å². The van der Waals surface area contributed by atoms with Crippen LogP contribution in [-0.2, 0) is 4.57 Å². The minimum absolute atomic E-state index is 0.156. The Morgan fingerprint density at radius 1 is 1.50 bits per heavy atom. The fraction of sp³-hybridized carbons (Fsp3) is 0.222. The standard InChI is InChI=1S/C9H11N2O2P/c1-2-9(14(12)13)11-10-8-6-4-3-5-7-8/h3-7,10H,2H2,1H3. The van der Waals surface area contributed by atoms with Gasteiger partial charge in [-0.15, -0.1) is 5.10 Å². The van der Waals surface area contributed by atoms with Gasteiger partial charge in [-0.3, -0.25) is 5.43 Å². The molecule has 74 valence electrons. The summed E-state index contributed by atoms with van der Waals surface area (Å²) >= 11 is 0. The van der Waals surface area contributed by atoms with Crippen LogP contribution in [0.3, 0.4) is 0 Å². The Morgan fingerprint density at radius 3 is 2.64 bits per heavy atom. The summed E-state index contributed by atoms with van der Waals surface area (Å²) in [5.41, 5.74) is 3.61. The predicted molar refractivity (Wildman–Crippen MR) is 55.4 cm³/mol. The van der Waals surface area contributed by atoms with Gasteiger partial charge in [0.15, 0.2) is 0 Å². The lowest BCUT2D eigenvalue weighted by molar-refractivity contribution is -0.159. The molecule has 5 heteroatoms. The first kappa shape index (κ1) is 10.8. The third-order valence-electron chi connectivity index (χ3n) is 1.61. The number of anilines is 1. The van der Waals surface area contributed by atoms with Crippen LogP contribution in [-0.4, -0.2) is 5.45 Å². The molecule has 1 aromatic carbocycles. The zero-order valence-corrected chi connectivity index (χ0v) is 8.70. The summed E-state index contributed by atoms with van der Waals surface area (Å²) in [6.45, 7) is 1.75. The first-order valence-electron chi connectivity index (χ1n) is 4.26. The highest BCUT2D eigenvalue weighted by Crippen LogP contribution is 2.14. The molecule has 4 nitrogen and oxygen atoms in total. The van der Waals surface area contributed by atoms with E-state index in [2.05, 4.69) is 10.5 Å². The summed E-state index contributed by atoms with van der Waals surface area (Å²) in [5.74, 6) is 0. The number of hydrazone groups is 1. The largest absolute Gasteiger partial charge is 0.590 e. The van der Waals surface area contributed by atoms with E-state index in [1.807, 2.05) is 30.3 Å². The van der Waals surface area contributed by atoms with Crippen molar-refractivity contribution in [2.75, 3.05) is 5.43 Å². The quantitative estimate of drug-likeness (QED) is 0.469. The molecule has 1 N–H and O–H groups in total. The van der Waals surface area contributed by atoms with Crippen molar-refractivity contribution in [3.05, 3.63) is 30.3 Å². The number of nitrogens with zero attached hydrogens (tertiary/aromatic N) is 1. The molecule has 0 radical (unpaired) electrons. The molecule has 1 atom stereocenters. The average molecular weight is 210 g/mol. The van der Waals surface area contributed by atoms with Gasteiger partial charge in [-0.2, -0.15) is 0 Å². The van der Waals surface area contributed by atoms with Gasteiger partial charge in [-0.05, 0) is 12.1 Å². The number of hydrogen-bond donors (Lipinski definition) is 1. The van der Waals surface area contributed by atoms with Crippen molar-refractivity contribution in [1.29, 1.82) is 0 Å². The molecule has 0 spiro atoms. The molecule has 0 saturated heterocycles. The van der Waals surface area contributed by atoms with Gasteiger partial charge < -0.3 is 4.89 Å². The summed E-state index contributed by atoms with van der Waals surface area (Å²) in [4.78, 5) is 10.6. The number of nitrogens with one attached hydrogen (secondary N) is 1. The van der Waals surface area contributed by atoms with Crippen molar-refractivity contribution in [2.45, 2.75) is 13.3 Å². The molecule has 0 fully saturated rings. The van der Waals surface area contributed by atoms with Crippen molar-refractivity contribution < 1.29 is 9.46 Å². The molecule has 0 aliphatic rings. The van der Waals surface area contributed by atoms with Gasteiger partial charge in [0.05, 0.1) is 5.69 Å². The van der Waals surface area contributed by atoms with Crippen LogP contribution in [0.2, 0.25) is 0 Å². The fourth-order valence-corrected chi connectivity index (χ4v) is 1.28. The second-order valence-electron chi connectivity index (χ2n) is 2.62. The van der Waals surface area contributed by atoms with Gasteiger partial charge in [0, 0.05) is 6.42 Å². The smallest absolute Gasteiger partial charge is 0.366 e. The second kappa shape index (κ2) is 5.47. The van der Waals surface area contributed by atoms with Gasteiger partial charge in [0.25, 0.3) is 5.45 Å². The molecule has 0 aromatic heterocycles. The van der Waals surface area contributed by atoms with Crippen LogP contribution in [0.1, 0.15) is 13.3 Å². The molecule has 1 aromatic rings. The normalized spacial score (nSPS) is 12.4. The van der Waals surface area contributed by atoms with Crippen LogP contribution >= 0.6 is 8.03 Å². The van der Waals surface area contributed by atoms with Crippen LogP contribution in [0.15, 0.2) is 35.4 Å². The maximum Gasteiger partial charge on any atom is 0.366 e. The lowest BCUT2D eigenvalue weighted by Crippen LogP contribution is -2.02. The molecular formula is C9H11N2O2P. The first-order valence-corrected chi connectivity index (χ1v) is 5.43. The SMILES string of the molecule is CCC(=NNc1ccccc1)[P+](=O)[O-]. The zero-order chi connectivity index (χ0) is 10.4. The monoisotopic (exact) mass is 210 g/mol. The third kappa shape index (κ3) is 3.24. The van der Waals surface area contributed by atoms with Crippen molar-refractivity contribution in [2.24, 2.45) is 5.10 Å². The predicted octanol–water partition coefficient (Wildman–Crippen LogP) is 1.92. The van der Waals surface area contributed by atoms with Crippen LogP contribution in [0.5, 0.6) is 0 Å². The summed E-state index contributed by atoms with van der Waals surface area (Å²) in [5, 5.41) is 3.78. The van der Waals surface area contributed by atoms with E-state index in [1.165, 1.54) is 0 Å². The zero-order valence-electron chi connectivity index (χ0n) is 7.80. The Hall–Kier alpha value is -1.25. The van der Waals surface area contributed by atoms with E-state index in [4.69, 9.17) is 0 Å². The highest BCUT2D eigenvalue weighted by atomic mass is 31.1. The number of benzene rings is 1. The van der Waals surface area contributed by atoms with Crippen LogP contribution in [0, 0.1) is 0 Å². The summed E-state index contributed by atoms with van der Waals surface area (Å²) in [7, 11) is -2.57. The van der Waals surface area contributed by atoms with E-state index in [0.717, 1.165) is 5.69 Å². The molecule has 0 bridgehead atoms. The Kier molecular flexibility index (Phi) is 4.23. The molecule has 1 rings (SSSR count). The highest BCUT2D eigenvalue weighted by molar-refractivity contribution is 7.57. The minimum atomic E-state index is -2.57. The van der Waals surface area contributed by atoms with E-state index in [9.17, 15) is 9.46 Å². The summed E-state index contributed by atoms with van der Waals surface area (Å²) in [6, 6.07) is 9.20. The summed E-state index contributed by atoms with van der Waals surface area (Å²) < 4.78 is 10.6. The van der Waals surface area contributed by atoms with Gasteiger partial charge in [-0.1, -0.05) is 29.7 Å². The van der Waals surface area contributed by atoms with E-state index in [-0.39, 0.29) is 5.45 Å². The fourth-order valence-electron chi connectivity index (χ4n) is 0.891. The van der Waals surface area contributed by atoms with Crippen molar-refractivity contribution in [1.82, 2.24) is 0 Å². The Balaban J connectivity index is 2.66. The molecule has 0 saturated carbocycles. The number of rotatable bonds is 4. The van der Waals surface area contributed by atoms with E-state index in [0.29, 0.717) is 6.42 Å². The Morgan fingerprint density at radius 2 is 2.14 bits per heavy atom.